The van der Waals surface area contributed by atoms with Crippen molar-refractivity contribution >= 4 is 28.3 Å². The number of nitrogens with one attached hydrogen (secondary N) is 2. The summed E-state index contributed by atoms with van der Waals surface area (Å²) in [7, 11) is 0. The predicted molar refractivity (Wildman–Crippen MR) is 60.0 cm³/mol. The maximum absolute atomic E-state index is 11.3. The molecule has 0 aliphatic rings. The molecule has 1 aromatic rings. The van der Waals surface area contributed by atoms with E-state index in [1.807, 2.05) is 0 Å². The summed E-state index contributed by atoms with van der Waals surface area (Å²) in [5, 5.41) is 24.4. The van der Waals surface area contributed by atoms with E-state index in [2.05, 4.69) is 10.6 Å². The first-order chi connectivity index (χ1) is 7.50. The van der Waals surface area contributed by atoms with Crippen molar-refractivity contribution in [2.24, 2.45) is 0 Å². The van der Waals surface area contributed by atoms with Crippen molar-refractivity contribution in [1.82, 2.24) is 5.32 Å². The summed E-state index contributed by atoms with van der Waals surface area (Å²) in [6, 6.07) is 0.878. The summed E-state index contributed by atoms with van der Waals surface area (Å²) in [6.07, 6.45) is -0.645. The highest BCUT2D eigenvalue weighted by atomic mass is 32.1. The van der Waals surface area contributed by atoms with Crippen LogP contribution in [0.5, 0.6) is 0 Å². The Morgan fingerprint density at radius 2 is 2.25 bits per heavy atom. The maximum Gasteiger partial charge on any atom is 0.338 e. The van der Waals surface area contributed by atoms with Gasteiger partial charge in [0.2, 0.25) is 0 Å². The zero-order valence-electron chi connectivity index (χ0n) is 8.56. The van der Waals surface area contributed by atoms with Crippen molar-refractivity contribution in [1.29, 1.82) is 0 Å². The number of aromatic carboxylic acids is 1. The fourth-order valence-corrected chi connectivity index (χ4v) is 1.74. The van der Waals surface area contributed by atoms with E-state index in [1.165, 1.54) is 13.0 Å². The van der Waals surface area contributed by atoms with Gasteiger partial charge in [-0.2, -0.15) is 0 Å². The van der Waals surface area contributed by atoms with Gasteiger partial charge in [-0.25, -0.2) is 9.59 Å². The van der Waals surface area contributed by atoms with Crippen LogP contribution in [0.3, 0.4) is 0 Å². The Morgan fingerprint density at radius 1 is 1.56 bits per heavy atom. The Morgan fingerprint density at radius 3 is 2.81 bits per heavy atom. The van der Waals surface area contributed by atoms with Crippen LogP contribution in [-0.2, 0) is 0 Å². The molecule has 4 N–H and O–H groups in total. The molecule has 2 amide bonds. The first-order valence-electron chi connectivity index (χ1n) is 4.54. The fraction of sp³-hybridized carbons (Fsp3) is 0.333. The fourth-order valence-electron chi connectivity index (χ4n) is 0.962. The average Bonchev–Trinajstić information content (AvgIpc) is 2.62. The number of carbonyl (C=O) groups is 2. The molecule has 0 bridgehead atoms. The number of aliphatic hydroxyl groups excluding tert-OH is 1. The molecule has 1 rings (SSSR count). The van der Waals surface area contributed by atoms with Crippen molar-refractivity contribution in [3.8, 4) is 0 Å². The molecular formula is C9H12N2O4S. The van der Waals surface area contributed by atoms with E-state index in [-0.39, 0.29) is 17.1 Å². The second-order valence-corrected chi connectivity index (χ2v) is 4.07. The maximum atomic E-state index is 11.3. The molecule has 0 fully saturated rings. The van der Waals surface area contributed by atoms with Crippen LogP contribution >= 0.6 is 11.3 Å². The Labute approximate surface area is 95.9 Å². The highest BCUT2D eigenvalue weighted by molar-refractivity contribution is 7.14. The molecule has 0 saturated heterocycles. The SMILES string of the molecule is C[C@H](O)CNC(=O)Nc1sccc1C(=O)O. The highest BCUT2D eigenvalue weighted by Gasteiger charge is 2.13. The second kappa shape index (κ2) is 5.47. The molecule has 0 unspecified atom stereocenters. The van der Waals surface area contributed by atoms with Gasteiger partial charge in [-0.15, -0.1) is 11.3 Å². The molecule has 0 spiro atoms. The molecule has 1 atom stereocenters. The minimum absolute atomic E-state index is 0.0530. The largest absolute Gasteiger partial charge is 0.478 e. The lowest BCUT2D eigenvalue weighted by molar-refractivity contribution is 0.0698. The number of urea groups is 1. The van der Waals surface area contributed by atoms with Crippen molar-refractivity contribution < 1.29 is 19.8 Å². The molecule has 1 heterocycles. The van der Waals surface area contributed by atoms with Crippen LogP contribution in [0.4, 0.5) is 9.80 Å². The standard InChI is InChI=1S/C9H12N2O4S/c1-5(12)4-10-9(15)11-7-6(8(13)14)2-3-16-7/h2-3,5,12H,4H2,1H3,(H,13,14)(H2,10,11,15)/t5-/m0/s1. The van der Waals surface area contributed by atoms with E-state index in [0.717, 1.165) is 11.3 Å². The Kier molecular flexibility index (Phi) is 4.27. The predicted octanol–water partition coefficient (Wildman–Crippen LogP) is 0.949. The lowest BCUT2D eigenvalue weighted by Gasteiger charge is -2.08. The van der Waals surface area contributed by atoms with Crippen molar-refractivity contribution in [2.75, 3.05) is 11.9 Å². The monoisotopic (exact) mass is 244 g/mol. The molecule has 0 aromatic carbocycles. The van der Waals surface area contributed by atoms with Crippen LogP contribution in [0.25, 0.3) is 0 Å². The number of aliphatic hydroxyl groups is 1. The molecule has 0 aliphatic carbocycles. The Bertz CT molecular complexity index is 389. The van der Waals surface area contributed by atoms with Gasteiger partial charge in [0.1, 0.15) is 5.00 Å². The normalized spacial score (nSPS) is 11.9. The number of hydrogen-bond donors (Lipinski definition) is 4. The van der Waals surface area contributed by atoms with Crippen LogP contribution in [0.15, 0.2) is 11.4 Å². The van der Waals surface area contributed by atoms with Crippen molar-refractivity contribution in [3.63, 3.8) is 0 Å². The molecule has 0 radical (unpaired) electrons. The minimum atomic E-state index is -1.09. The number of carboxylic acid groups (broad SMARTS) is 1. The molecule has 88 valence electrons. The zero-order valence-corrected chi connectivity index (χ0v) is 9.37. The van der Waals surface area contributed by atoms with E-state index in [4.69, 9.17) is 10.2 Å². The number of anilines is 1. The molecular weight excluding hydrogens is 232 g/mol. The van der Waals surface area contributed by atoms with E-state index >= 15 is 0 Å². The average molecular weight is 244 g/mol. The van der Waals surface area contributed by atoms with Crippen LogP contribution in [0.1, 0.15) is 17.3 Å². The first-order valence-corrected chi connectivity index (χ1v) is 5.42. The Hall–Kier alpha value is -1.60. The van der Waals surface area contributed by atoms with Crippen molar-refractivity contribution in [2.45, 2.75) is 13.0 Å². The number of amides is 2. The number of carboxylic acids is 1. The molecule has 0 saturated carbocycles. The smallest absolute Gasteiger partial charge is 0.338 e. The van der Waals surface area contributed by atoms with E-state index in [1.54, 1.807) is 5.38 Å². The van der Waals surface area contributed by atoms with Gasteiger partial charge in [-0.3, -0.25) is 5.32 Å². The number of hydrogen-bond acceptors (Lipinski definition) is 4. The lowest BCUT2D eigenvalue weighted by atomic mass is 10.3. The van der Waals surface area contributed by atoms with Gasteiger partial charge in [0, 0.05) is 6.54 Å². The third kappa shape index (κ3) is 3.52. The van der Waals surface area contributed by atoms with Gasteiger partial charge in [-0.1, -0.05) is 0 Å². The molecule has 6 nitrogen and oxygen atoms in total. The van der Waals surface area contributed by atoms with Crippen LogP contribution in [-0.4, -0.2) is 34.9 Å². The number of rotatable bonds is 4. The summed E-state index contributed by atoms with van der Waals surface area (Å²) in [5.41, 5.74) is 0.0530. The summed E-state index contributed by atoms with van der Waals surface area (Å²) < 4.78 is 0. The van der Waals surface area contributed by atoms with Crippen LogP contribution in [0, 0.1) is 0 Å². The first kappa shape index (κ1) is 12.5. The second-order valence-electron chi connectivity index (χ2n) is 3.15. The van der Waals surface area contributed by atoms with Gasteiger partial charge in [0.05, 0.1) is 11.7 Å². The van der Waals surface area contributed by atoms with Gasteiger partial charge in [0.15, 0.2) is 0 Å². The zero-order chi connectivity index (χ0) is 12.1. The van der Waals surface area contributed by atoms with Crippen molar-refractivity contribution in [3.05, 3.63) is 17.0 Å². The molecule has 0 aliphatic heterocycles. The van der Waals surface area contributed by atoms with Gasteiger partial charge >= 0.3 is 12.0 Å². The van der Waals surface area contributed by atoms with E-state index in [0.29, 0.717) is 0 Å². The number of thiophene rings is 1. The summed E-state index contributed by atoms with van der Waals surface area (Å²) >= 11 is 1.13. The topological polar surface area (TPSA) is 98.7 Å². The van der Waals surface area contributed by atoms with Gasteiger partial charge in [-0.05, 0) is 18.4 Å². The quantitative estimate of drug-likeness (QED) is 0.633. The van der Waals surface area contributed by atoms with Crippen LogP contribution in [0.2, 0.25) is 0 Å². The third-order valence-electron chi connectivity index (χ3n) is 1.68. The highest BCUT2D eigenvalue weighted by Crippen LogP contribution is 2.22. The lowest BCUT2D eigenvalue weighted by Crippen LogP contribution is -2.34. The van der Waals surface area contributed by atoms with Crippen LogP contribution < -0.4 is 10.6 Å². The third-order valence-corrected chi connectivity index (χ3v) is 2.51. The van der Waals surface area contributed by atoms with Gasteiger partial charge < -0.3 is 15.5 Å². The minimum Gasteiger partial charge on any atom is -0.478 e. The Balaban J connectivity index is 2.56. The molecule has 16 heavy (non-hydrogen) atoms. The number of carbonyl (C=O) groups excluding carboxylic acids is 1. The summed E-state index contributed by atoms with van der Waals surface area (Å²) in [6.45, 7) is 1.65. The van der Waals surface area contributed by atoms with E-state index < -0.39 is 18.1 Å². The summed E-state index contributed by atoms with van der Waals surface area (Å²) in [4.78, 5) is 22.0. The van der Waals surface area contributed by atoms with Gasteiger partial charge in [0.25, 0.3) is 0 Å². The molecule has 1 aromatic heterocycles. The van der Waals surface area contributed by atoms with E-state index in [9.17, 15) is 9.59 Å². The molecule has 7 heteroatoms. The summed E-state index contributed by atoms with van der Waals surface area (Å²) in [5.74, 6) is -1.09.